The van der Waals surface area contributed by atoms with Crippen molar-refractivity contribution in [2.45, 2.75) is 11.3 Å². The predicted octanol–water partition coefficient (Wildman–Crippen LogP) is 4.33. The molecular weight excluding hydrogens is 454 g/mol. The van der Waals surface area contributed by atoms with Crippen molar-refractivity contribution in [3.63, 3.8) is 0 Å². The molecule has 2 aromatic heterocycles. The number of carbonyl (C=O) groups excluding carboxylic acids is 3. The van der Waals surface area contributed by atoms with Crippen LogP contribution in [0.4, 0.5) is 10.8 Å². The first-order valence-electron chi connectivity index (χ1n) is 9.02. The van der Waals surface area contributed by atoms with Crippen molar-refractivity contribution in [2.75, 3.05) is 16.4 Å². The van der Waals surface area contributed by atoms with E-state index in [0.29, 0.717) is 25.7 Å². The van der Waals surface area contributed by atoms with Gasteiger partial charge in [-0.25, -0.2) is 4.98 Å². The van der Waals surface area contributed by atoms with Gasteiger partial charge in [0.2, 0.25) is 11.0 Å². The summed E-state index contributed by atoms with van der Waals surface area (Å²) in [6.07, 6.45) is 0. The average Bonchev–Trinajstić information content (AvgIpc) is 3.39. The molecule has 4 rings (SSSR count). The number of nitrogens with zero attached hydrogens (tertiary/aromatic N) is 3. The van der Waals surface area contributed by atoms with Gasteiger partial charge in [-0.15, -0.1) is 21.5 Å². The molecule has 156 valence electrons. The monoisotopic (exact) mass is 469 g/mol. The molecule has 11 heteroatoms. The number of rotatable bonds is 7. The summed E-state index contributed by atoms with van der Waals surface area (Å²) < 4.78 is 1.49. The number of ketones is 1. The molecule has 0 saturated heterocycles. The second-order valence-corrected chi connectivity index (χ2v) is 9.52. The first kappa shape index (κ1) is 21.1. The van der Waals surface area contributed by atoms with E-state index in [4.69, 9.17) is 0 Å². The van der Waals surface area contributed by atoms with Crippen molar-refractivity contribution >= 4 is 73.1 Å². The Hall–Kier alpha value is -3.15. The first-order valence-corrected chi connectivity index (χ1v) is 11.6. The Balaban J connectivity index is 1.29. The van der Waals surface area contributed by atoms with Gasteiger partial charge in [-0.3, -0.25) is 19.7 Å². The molecule has 8 nitrogen and oxygen atoms in total. The normalized spacial score (nSPS) is 10.7. The molecule has 31 heavy (non-hydrogen) atoms. The van der Waals surface area contributed by atoms with Gasteiger partial charge >= 0.3 is 0 Å². The summed E-state index contributed by atoms with van der Waals surface area (Å²) in [5.74, 6) is -0.457. The van der Waals surface area contributed by atoms with E-state index >= 15 is 0 Å². The number of hydrogen-bond acceptors (Lipinski definition) is 9. The quantitative estimate of drug-likeness (QED) is 0.235. The molecule has 0 unspecified atom stereocenters. The summed E-state index contributed by atoms with van der Waals surface area (Å²) in [5.41, 5.74) is 1.96. The Kier molecular flexibility index (Phi) is 6.35. The van der Waals surface area contributed by atoms with Gasteiger partial charge in [0.1, 0.15) is 0 Å². The van der Waals surface area contributed by atoms with Crippen LogP contribution in [0, 0.1) is 0 Å². The van der Waals surface area contributed by atoms with Crippen molar-refractivity contribution < 1.29 is 14.4 Å². The fourth-order valence-corrected chi connectivity index (χ4v) is 4.96. The molecule has 0 bridgehead atoms. The molecule has 0 aliphatic rings. The Morgan fingerprint density at radius 3 is 2.48 bits per heavy atom. The summed E-state index contributed by atoms with van der Waals surface area (Å²) >= 11 is 3.71. The molecule has 4 aromatic rings. The molecule has 0 atom stereocenters. The van der Waals surface area contributed by atoms with Crippen molar-refractivity contribution in [2.24, 2.45) is 0 Å². The minimum atomic E-state index is -0.347. The van der Waals surface area contributed by atoms with E-state index in [1.807, 2.05) is 24.3 Å². The second kappa shape index (κ2) is 9.33. The van der Waals surface area contributed by atoms with Crippen LogP contribution >= 0.6 is 34.4 Å². The molecule has 0 radical (unpaired) electrons. The van der Waals surface area contributed by atoms with Crippen LogP contribution in [-0.4, -0.2) is 38.5 Å². The Morgan fingerprint density at radius 1 is 0.968 bits per heavy atom. The zero-order chi connectivity index (χ0) is 21.8. The molecule has 2 amide bonds. The zero-order valence-corrected chi connectivity index (χ0v) is 18.6. The highest BCUT2D eigenvalue weighted by atomic mass is 32.2. The van der Waals surface area contributed by atoms with Gasteiger partial charge in [-0.05, 0) is 43.3 Å². The number of benzene rings is 2. The fraction of sp³-hybridized carbons (Fsp3) is 0.100. The van der Waals surface area contributed by atoms with Gasteiger partial charge in [-0.1, -0.05) is 35.2 Å². The van der Waals surface area contributed by atoms with E-state index in [9.17, 15) is 14.4 Å². The highest BCUT2D eigenvalue weighted by Crippen LogP contribution is 2.27. The lowest BCUT2D eigenvalue weighted by atomic mass is 10.1. The van der Waals surface area contributed by atoms with Crippen LogP contribution < -0.4 is 10.6 Å². The number of aromatic nitrogens is 3. The maximum atomic E-state index is 12.4. The highest BCUT2D eigenvalue weighted by Gasteiger charge is 2.15. The number of Topliss-reactive ketones (excluding diaryl/α,β-unsaturated/α-hetero) is 1. The summed E-state index contributed by atoms with van der Waals surface area (Å²) in [7, 11) is 0. The van der Waals surface area contributed by atoms with Gasteiger partial charge in [0.15, 0.2) is 15.1 Å². The van der Waals surface area contributed by atoms with Crippen LogP contribution in [0.15, 0.2) is 52.9 Å². The van der Waals surface area contributed by atoms with Crippen molar-refractivity contribution in [3.05, 3.63) is 59.1 Å². The number of carbonyl (C=O) groups is 3. The molecule has 0 spiro atoms. The van der Waals surface area contributed by atoms with Crippen LogP contribution in [-0.2, 0) is 4.79 Å². The van der Waals surface area contributed by atoms with Gasteiger partial charge in [-0.2, -0.15) is 0 Å². The zero-order valence-electron chi connectivity index (χ0n) is 16.1. The number of nitrogens with one attached hydrogen (secondary N) is 2. The van der Waals surface area contributed by atoms with Crippen LogP contribution in [0.1, 0.15) is 27.1 Å². The molecule has 0 aliphatic heterocycles. The molecule has 2 N–H and O–H groups in total. The Bertz CT molecular complexity index is 1230. The Labute approximate surface area is 189 Å². The van der Waals surface area contributed by atoms with Crippen molar-refractivity contribution in [3.8, 4) is 0 Å². The third-order valence-electron chi connectivity index (χ3n) is 4.02. The van der Waals surface area contributed by atoms with E-state index in [1.54, 1.807) is 24.3 Å². The third kappa shape index (κ3) is 5.32. The van der Waals surface area contributed by atoms with E-state index < -0.39 is 0 Å². The number of thioether (sulfide) groups is 1. The van der Waals surface area contributed by atoms with Crippen molar-refractivity contribution in [1.82, 2.24) is 15.2 Å². The average molecular weight is 470 g/mol. The predicted molar refractivity (Wildman–Crippen MR) is 123 cm³/mol. The van der Waals surface area contributed by atoms with Crippen LogP contribution in [0.3, 0.4) is 0 Å². The second-order valence-electron chi connectivity index (χ2n) is 6.28. The summed E-state index contributed by atoms with van der Waals surface area (Å²) in [5, 5.41) is 14.1. The number of fused-ring (bicyclic) bond motifs is 1. The molecule has 0 saturated carbocycles. The molecule has 2 heterocycles. The number of amides is 2. The number of thiazole rings is 1. The number of hydrogen-bond donors (Lipinski definition) is 2. The lowest BCUT2D eigenvalue weighted by Crippen LogP contribution is -2.14. The van der Waals surface area contributed by atoms with Gasteiger partial charge < -0.3 is 5.32 Å². The fourth-order valence-electron chi connectivity index (χ4n) is 2.55. The van der Waals surface area contributed by atoms with Crippen LogP contribution in [0.5, 0.6) is 0 Å². The summed E-state index contributed by atoms with van der Waals surface area (Å²) in [4.78, 5) is 40.2. The molecule has 0 fully saturated rings. The van der Waals surface area contributed by atoms with Gasteiger partial charge in [0.25, 0.3) is 5.91 Å². The first-order chi connectivity index (χ1) is 15.0. The molecule has 2 aromatic carbocycles. The minimum Gasteiger partial charge on any atom is -0.325 e. The van der Waals surface area contributed by atoms with E-state index in [0.717, 1.165) is 10.2 Å². The third-order valence-corrected chi connectivity index (χ3v) is 7.02. The van der Waals surface area contributed by atoms with E-state index in [-0.39, 0.29) is 23.4 Å². The maximum Gasteiger partial charge on any atom is 0.286 e. The summed E-state index contributed by atoms with van der Waals surface area (Å²) in [6, 6.07) is 14.2. The molecule has 0 aliphatic carbocycles. The smallest absolute Gasteiger partial charge is 0.286 e. The maximum absolute atomic E-state index is 12.4. The van der Waals surface area contributed by atoms with Crippen LogP contribution in [0.2, 0.25) is 0 Å². The van der Waals surface area contributed by atoms with Gasteiger partial charge in [0.05, 0.1) is 16.0 Å². The largest absolute Gasteiger partial charge is 0.325 e. The van der Waals surface area contributed by atoms with Crippen LogP contribution in [0.25, 0.3) is 10.2 Å². The SMILES string of the molecule is CC(=O)c1ccc(NC(=O)CSc2nnc(NC(=O)c3nc4ccccc4s3)s2)cc1. The van der Waals surface area contributed by atoms with E-state index in [2.05, 4.69) is 25.8 Å². The lowest BCUT2D eigenvalue weighted by molar-refractivity contribution is -0.113. The summed E-state index contributed by atoms with van der Waals surface area (Å²) in [6.45, 7) is 1.49. The highest BCUT2D eigenvalue weighted by molar-refractivity contribution is 8.01. The number of anilines is 2. The number of para-hydroxylation sites is 1. The lowest BCUT2D eigenvalue weighted by Gasteiger charge is -2.04. The minimum absolute atomic E-state index is 0.0317. The van der Waals surface area contributed by atoms with Gasteiger partial charge in [0, 0.05) is 11.3 Å². The topological polar surface area (TPSA) is 114 Å². The van der Waals surface area contributed by atoms with Crippen molar-refractivity contribution in [1.29, 1.82) is 0 Å². The molecular formula is C20H15N5O3S3. The Morgan fingerprint density at radius 2 is 1.74 bits per heavy atom. The van der Waals surface area contributed by atoms with E-state index in [1.165, 1.54) is 41.4 Å². The standard InChI is InChI=1S/C20H15N5O3S3/c1-11(26)12-6-8-13(9-7-12)21-16(27)10-29-20-25-24-19(31-20)23-17(28)18-22-14-4-2-3-5-15(14)30-18/h2-9H,10H2,1H3,(H,21,27)(H,23,24,28).